The highest BCUT2D eigenvalue weighted by Crippen LogP contribution is 2.23. The van der Waals surface area contributed by atoms with Crippen LogP contribution in [0.1, 0.15) is 12.8 Å². The lowest BCUT2D eigenvalue weighted by Crippen LogP contribution is -2.38. The first kappa shape index (κ1) is 16.9. The zero-order chi connectivity index (χ0) is 17.0. The highest BCUT2D eigenvalue weighted by Gasteiger charge is 2.23. The third-order valence-corrected chi connectivity index (χ3v) is 5.79. The van der Waals surface area contributed by atoms with E-state index in [2.05, 4.69) is 14.6 Å². The molecule has 0 spiro atoms. The predicted molar refractivity (Wildman–Crippen MR) is 90.8 cm³/mol. The van der Waals surface area contributed by atoms with Crippen molar-refractivity contribution in [3.63, 3.8) is 0 Å². The lowest BCUT2D eigenvalue weighted by atomic mass is 9.97. The molecule has 1 aliphatic heterocycles. The molecule has 0 aliphatic carbocycles. The summed E-state index contributed by atoms with van der Waals surface area (Å²) in [5.41, 5.74) is 1.13. The van der Waals surface area contributed by atoms with Gasteiger partial charge in [-0.3, -0.25) is 4.98 Å². The van der Waals surface area contributed by atoms with Crippen LogP contribution in [0, 0.1) is 11.7 Å². The second-order valence-electron chi connectivity index (χ2n) is 5.92. The van der Waals surface area contributed by atoms with Crippen molar-refractivity contribution in [2.75, 3.05) is 24.5 Å². The van der Waals surface area contributed by atoms with Crippen molar-refractivity contribution in [3.8, 4) is 0 Å². The molecule has 0 unspecified atom stereocenters. The first-order chi connectivity index (χ1) is 11.6. The summed E-state index contributed by atoms with van der Waals surface area (Å²) >= 11 is 0. The van der Waals surface area contributed by atoms with E-state index in [1.807, 2.05) is 12.1 Å². The summed E-state index contributed by atoms with van der Waals surface area (Å²) in [6.45, 7) is 2.08. The number of piperidine rings is 1. The molecule has 1 saturated heterocycles. The van der Waals surface area contributed by atoms with Crippen molar-refractivity contribution in [3.05, 3.63) is 54.6 Å². The summed E-state index contributed by atoms with van der Waals surface area (Å²) in [6, 6.07) is 9.38. The van der Waals surface area contributed by atoms with Gasteiger partial charge in [0.15, 0.2) is 0 Å². The van der Waals surface area contributed by atoms with Gasteiger partial charge in [-0.15, -0.1) is 0 Å². The van der Waals surface area contributed by atoms with Gasteiger partial charge in [-0.2, -0.15) is 0 Å². The molecule has 1 fully saturated rings. The van der Waals surface area contributed by atoms with Gasteiger partial charge in [0.1, 0.15) is 10.7 Å². The van der Waals surface area contributed by atoms with E-state index in [9.17, 15) is 12.8 Å². The van der Waals surface area contributed by atoms with Gasteiger partial charge in [0.25, 0.3) is 0 Å². The highest BCUT2D eigenvalue weighted by molar-refractivity contribution is 7.89. The Hall–Kier alpha value is -1.99. The zero-order valence-electron chi connectivity index (χ0n) is 13.2. The Labute approximate surface area is 141 Å². The van der Waals surface area contributed by atoms with Crippen molar-refractivity contribution in [2.45, 2.75) is 17.7 Å². The monoisotopic (exact) mass is 349 g/mol. The molecular formula is C17H20FN3O2S. The highest BCUT2D eigenvalue weighted by atomic mass is 32.2. The van der Waals surface area contributed by atoms with Gasteiger partial charge in [-0.1, -0.05) is 12.1 Å². The number of rotatable bonds is 5. The molecule has 0 saturated carbocycles. The van der Waals surface area contributed by atoms with Crippen LogP contribution < -0.4 is 9.62 Å². The van der Waals surface area contributed by atoms with Gasteiger partial charge < -0.3 is 4.90 Å². The average Bonchev–Trinajstić information content (AvgIpc) is 2.61. The van der Waals surface area contributed by atoms with Crippen molar-refractivity contribution in [1.29, 1.82) is 0 Å². The molecule has 7 heteroatoms. The number of halogens is 1. The van der Waals surface area contributed by atoms with Gasteiger partial charge in [0, 0.05) is 37.7 Å². The summed E-state index contributed by atoms with van der Waals surface area (Å²) in [4.78, 5) is 5.99. The third-order valence-electron chi connectivity index (χ3n) is 4.33. The first-order valence-corrected chi connectivity index (χ1v) is 9.44. The standard InChI is InChI=1S/C17H20FN3O2S/c18-16-3-1-2-4-17(16)24(22,23)20-13-14-7-11-21(12-8-14)15-5-9-19-10-6-15/h1-6,9-10,14,20H,7-8,11-13H2. The predicted octanol–water partition coefficient (Wildman–Crippen LogP) is 2.42. The fraction of sp³-hybridized carbons (Fsp3) is 0.353. The quantitative estimate of drug-likeness (QED) is 0.900. The SMILES string of the molecule is O=S(=O)(NCC1CCN(c2ccncc2)CC1)c1ccccc1F. The van der Waals surface area contributed by atoms with E-state index in [0.29, 0.717) is 6.54 Å². The normalized spacial score (nSPS) is 16.3. The lowest BCUT2D eigenvalue weighted by Gasteiger charge is -2.33. The number of aromatic nitrogens is 1. The van der Waals surface area contributed by atoms with Crippen LogP contribution >= 0.6 is 0 Å². The topological polar surface area (TPSA) is 62.3 Å². The number of pyridine rings is 1. The maximum absolute atomic E-state index is 13.7. The Kier molecular flexibility index (Phi) is 5.11. The van der Waals surface area contributed by atoms with Crippen molar-refractivity contribution >= 4 is 15.7 Å². The molecule has 0 amide bonds. The molecule has 1 N–H and O–H groups in total. The molecule has 0 radical (unpaired) electrons. The Bertz CT molecular complexity index is 775. The fourth-order valence-electron chi connectivity index (χ4n) is 2.92. The van der Waals surface area contributed by atoms with Crippen LogP contribution in [0.15, 0.2) is 53.7 Å². The van der Waals surface area contributed by atoms with Crippen LogP contribution in [0.2, 0.25) is 0 Å². The minimum absolute atomic E-state index is 0.254. The number of nitrogens with one attached hydrogen (secondary N) is 1. The number of hydrogen-bond donors (Lipinski definition) is 1. The van der Waals surface area contributed by atoms with Crippen molar-refractivity contribution in [2.24, 2.45) is 5.92 Å². The summed E-state index contributed by atoms with van der Waals surface area (Å²) < 4.78 is 40.6. The Morgan fingerprint density at radius 1 is 1.12 bits per heavy atom. The maximum atomic E-state index is 13.7. The van der Waals surface area contributed by atoms with E-state index in [0.717, 1.165) is 37.7 Å². The molecule has 24 heavy (non-hydrogen) atoms. The lowest BCUT2D eigenvalue weighted by molar-refractivity contribution is 0.401. The van der Waals surface area contributed by atoms with E-state index in [-0.39, 0.29) is 10.8 Å². The van der Waals surface area contributed by atoms with Gasteiger partial charge in [-0.25, -0.2) is 17.5 Å². The number of nitrogens with zero attached hydrogens (tertiary/aromatic N) is 2. The van der Waals surface area contributed by atoms with Crippen molar-refractivity contribution < 1.29 is 12.8 Å². The summed E-state index contributed by atoms with van der Waals surface area (Å²) in [5.74, 6) is -0.470. The molecule has 0 bridgehead atoms. The van der Waals surface area contributed by atoms with Crippen LogP contribution in [-0.4, -0.2) is 33.0 Å². The smallest absolute Gasteiger partial charge is 0.243 e. The zero-order valence-corrected chi connectivity index (χ0v) is 14.0. The van der Waals surface area contributed by atoms with E-state index in [1.165, 1.54) is 18.2 Å². The average molecular weight is 349 g/mol. The number of benzene rings is 1. The minimum Gasteiger partial charge on any atom is -0.371 e. The molecule has 0 atom stereocenters. The number of hydrogen-bond acceptors (Lipinski definition) is 4. The van der Waals surface area contributed by atoms with Gasteiger partial charge in [0.2, 0.25) is 10.0 Å². The minimum atomic E-state index is -3.80. The molecule has 3 rings (SSSR count). The van der Waals surface area contributed by atoms with E-state index < -0.39 is 15.8 Å². The molecule has 1 aromatic carbocycles. The number of sulfonamides is 1. The summed E-state index contributed by atoms with van der Waals surface area (Å²) in [7, 11) is -3.80. The van der Waals surface area contributed by atoms with E-state index in [4.69, 9.17) is 0 Å². The molecule has 5 nitrogen and oxygen atoms in total. The maximum Gasteiger partial charge on any atom is 0.243 e. The van der Waals surface area contributed by atoms with Gasteiger partial charge in [-0.05, 0) is 43.0 Å². The molecule has 1 aromatic heterocycles. The number of anilines is 1. The summed E-state index contributed by atoms with van der Waals surface area (Å²) in [6.07, 6.45) is 5.32. The first-order valence-electron chi connectivity index (χ1n) is 7.95. The fourth-order valence-corrected chi connectivity index (χ4v) is 4.11. The van der Waals surface area contributed by atoms with Gasteiger partial charge >= 0.3 is 0 Å². The van der Waals surface area contributed by atoms with Crippen LogP contribution in [0.4, 0.5) is 10.1 Å². The second kappa shape index (κ2) is 7.27. The van der Waals surface area contributed by atoms with Gasteiger partial charge in [0.05, 0.1) is 0 Å². The third kappa shape index (κ3) is 3.91. The Morgan fingerprint density at radius 2 is 1.79 bits per heavy atom. The molecule has 1 aliphatic rings. The summed E-state index contributed by atoms with van der Waals surface area (Å²) in [5, 5.41) is 0. The van der Waals surface area contributed by atoms with Crippen molar-refractivity contribution in [1.82, 2.24) is 9.71 Å². The second-order valence-corrected chi connectivity index (χ2v) is 7.65. The van der Waals surface area contributed by atoms with Crippen LogP contribution in [0.3, 0.4) is 0 Å². The Morgan fingerprint density at radius 3 is 2.46 bits per heavy atom. The molecular weight excluding hydrogens is 329 g/mol. The largest absolute Gasteiger partial charge is 0.371 e. The van der Waals surface area contributed by atoms with E-state index >= 15 is 0 Å². The molecule has 2 heterocycles. The molecule has 128 valence electrons. The van der Waals surface area contributed by atoms with Crippen LogP contribution in [-0.2, 0) is 10.0 Å². The Balaban J connectivity index is 1.54. The molecule has 2 aromatic rings. The van der Waals surface area contributed by atoms with Crippen LogP contribution in [0.5, 0.6) is 0 Å². The van der Waals surface area contributed by atoms with E-state index in [1.54, 1.807) is 12.4 Å². The van der Waals surface area contributed by atoms with Crippen LogP contribution in [0.25, 0.3) is 0 Å².